The third kappa shape index (κ3) is 3.64. The first-order valence-electron chi connectivity index (χ1n) is 4.41. The Labute approximate surface area is 97.6 Å². The van der Waals surface area contributed by atoms with E-state index in [4.69, 9.17) is 22.4 Å². The minimum atomic E-state index is -0.803. The van der Waals surface area contributed by atoms with E-state index in [1.807, 2.05) is 0 Å². The van der Waals surface area contributed by atoms with Crippen LogP contribution in [0.1, 0.15) is 6.92 Å². The Morgan fingerprint density at radius 1 is 1.67 bits per heavy atom. The van der Waals surface area contributed by atoms with Crippen LogP contribution in [0.4, 0.5) is 5.69 Å². The van der Waals surface area contributed by atoms with E-state index in [2.05, 4.69) is 0 Å². The number of benzene rings is 1. The number of hydrogen-bond donors (Lipinski definition) is 2. The highest BCUT2D eigenvalue weighted by molar-refractivity contribution is 7.99. The van der Waals surface area contributed by atoms with Crippen LogP contribution >= 0.6 is 23.4 Å². The number of nitrogen functional groups attached to an aromatic ring is 1. The van der Waals surface area contributed by atoms with Crippen LogP contribution in [0, 0.1) is 5.92 Å². The molecule has 0 unspecified atom stereocenters. The second-order valence-corrected chi connectivity index (χ2v) is 4.73. The molecule has 15 heavy (non-hydrogen) atoms. The molecule has 0 saturated carbocycles. The number of hydrogen-bond acceptors (Lipinski definition) is 3. The number of rotatable bonds is 4. The van der Waals surface area contributed by atoms with Gasteiger partial charge in [0, 0.05) is 21.4 Å². The molecule has 3 N–H and O–H groups in total. The van der Waals surface area contributed by atoms with Gasteiger partial charge in [0.2, 0.25) is 0 Å². The van der Waals surface area contributed by atoms with E-state index in [0.29, 0.717) is 16.5 Å². The molecule has 0 aliphatic heterocycles. The standard InChI is InChI=1S/C10H12ClNO2S/c1-6(10(13)14)5-15-9-4-7(11)2-3-8(9)12/h2-4,6H,5,12H2,1H3,(H,13,14)/t6-/m0/s1. The lowest BCUT2D eigenvalue weighted by Crippen LogP contribution is -2.11. The zero-order valence-corrected chi connectivity index (χ0v) is 9.81. The molecular weight excluding hydrogens is 234 g/mol. The first-order valence-corrected chi connectivity index (χ1v) is 5.77. The number of halogens is 1. The van der Waals surface area contributed by atoms with E-state index < -0.39 is 11.9 Å². The van der Waals surface area contributed by atoms with Gasteiger partial charge in [0.15, 0.2) is 0 Å². The molecule has 0 heterocycles. The van der Waals surface area contributed by atoms with E-state index in [-0.39, 0.29) is 0 Å². The molecule has 0 amide bonds. The van der Waals surface area contributed by atoms with Crippen molar-refractivity contribution in [3.05, 3.63) is 23.2 Å². The summed E-state index contributed by atoms with van der Waals surface area (Å²) in [4.78, 5) is 11.4. The second-order valence-electron chi connectivity index (χ2n) is 3.23. The molecule has 3 nitrogen and oxygen atoms in total. The van der Waals surface area contributed by atoms with Gasteiger partial charge in [0.1, 0.15) is 0 Å². The third-order valence-corrected chi connectivity index (χ3v) is 3.45. The number of carbonyl (C=O) groups is 1. The lowest BCUT2D eigenvalue weighted by atomic mass is 10.2. The zero-order chi connectivity index (χ0) is 11.4. The van der Waals surface area contributed by atoms with E-state index >= 15 is 0 Å². The first kappa shape index (κ1) is 12.2. The van der Waals surface area contributed by atoms with Gasteiger partial charge >= 0.3 is 5.97 Å². The van der Waals surface area contributed by atoms with E-state index in [1.54, 1.807) is 25.1 Å². The zero-order valence-electron chi connectivity index (χ0n) is 8.24. The second kappa shape index (κ2) is 5.28. The summed E-state index contributed by atoms with van der Waals surface area (Å²) in [6, 6.07) is 5.17. The smallest absolute Gasteiger partial charge is 0.307 e. The van der Waals surface area contributed by atoms with Gasteiger partial charge in [-0.15, -0.1) is 11.8 Å². The minimum absolute atomic E-state index is 0.395. The van der Waals surface area contributed by atoms with Gasteiger partial charge in [0.05, 0.1) is 5.92 Å². The summed E-state index contributed by atoms with van der Waals surface area (Å²) >= 11 is 7.22. The van der Waals surface area contributed by atoms with Gasteiger partial charge in [-0.3, -0.25) is 4.79 Å². The molecular formula is C10H12ClNO2S. The molecule has 0 aliphatic rings. The van der Waals surface area contributed by atoms with Crippen molar-refractivity contribution in [3.8, 4) is 0 Å². The molecule has 0 aromatic heterocycles. The number of thioether (sulfide) groups is 1. The minimum Gasteiger partial charge on any atom is -0.481 e. The maximum atomic E-state index is 10.6. The number of anilines is 1. The SMILES string of the molecule is C[C@@H](CSc1cc(Cl)ccc1N)C(=O)O. The van der Waals surface area contributed by atoms with E-state index in [0.717, 1.165) is 4.90 Å². The molecule has 1 rings (SSSR count). The van der Waals surface area contributed by atoms with E-state index in [9.17, 15) is 4.79 Å². The summed E-state index contributed by atoms with van der Waals surface area (Å²) in [5, 5.41) is 9.32. The van der Waals surface area contributed by atoms with Crippen molar-refractivity contribution in [1.82, 2.24) is 0 Å². The molecule has 0 bridgehead atoms. The predicted molar refractivity (Wildman–Crippen MR) is 63.4 cm³/mol. The van der Waals surface area contributed by atoms with E-state index in [1.165, 1.54) is 11.8 Å². The Balaban J connectivity index is 2.65. The Morgan fingerprint density at radius 2 is 2.33 bits per heavy atom. The van der Waals surface area contributed by atoms with Crippen molar-refractivity contribution in [2.45, 2.75) is 11.8 Å². The highest BCUT2D eigenvalue weighted by atomic mass is 35.5. The summed E-state index contributed by atoms with van der Waals surface area (Å²) in [6.45, 7) is 1.66. The maximum absolute atomic E-state index is 10.6. The summed E-state index contributed by atoms with van der Waals surface area (Å²) in [5.74, 6) is -0.712. The molecule has 0 aliphatic carbocycles. The predicted octanol–water partition coefficient (Wildman–Crippen LogP) is 2.73. The normalized spacial score (nSPS) is 12.4. The van der Waals surface area contributed by atoms with Crippen LogP contribution in [0.25, 0.3) is 0 Å². The fourth-order valence-corrected chi connectivity index (χ4v) is 2.17. The summed E-state index contributed by atoms with van der Waals surface area (Å²) in [7, 11) is 0. The Hall–Kier alpha value is -0.870. The van der Waals surface area contributed by atoms with Crippen LogP contribution in [0.2, 0.25) is 5.02 Å². The molecule has 1 atom stereocenters. The van der Waals surface area contributed by atoms with Gasteiger partial charge in [-0.2, -0.15) is 0 Å². The van der Waals surface area contributed by atoms with Gasteiger partial charge in [-0.1, -0.05) is 18.5 Å². The third-order valence-electron chi connectivity index (χ3n) is 1.89. The summed E-state index contributed by atoms with van der Waals surface area (Å²) in [6.07, 6.45) is 0. The Morgan fingerprint density at radius 3 is 2.93 bits per heavy atom. The average molecular weight is 246 g/mol. The van der Waals surface area contributed by atoms with Crippen molar-refractivity contribution >= 4 is 35.0 Å². The lowest BCUT2D eigenvalue weighted by molar-refractivity contribution is -0.140. The first-order chi connectivity index (χ1) is 7.00. The number of aliphatic carboxylic acids is 1. The molecule has 1 aromatic carbocycles. The monoisotopic (exact) mass is 245 g/mol. The molecule has 0 radical (unpaired) electrons. The lowest BCUT2D eigenvalue weighted by Gasteiger charge is -2.08. The molecule has 1 aromatic rings. The van der Waals surface area contributed by atoms with Gasteiger partial charge < -0.3 is 10.8 Å². The van der Waals surface area contributed by atoms with Gasteiger partial charge in [0.25, 0.3) is 0 Å². The van der Waals surface area contributed by atoms with Crippen LogP contribution in [-0.2, 0) is 4.79 Å². The van der Waals surface area contributed by atoms with Crippen LogP contribution in [0.3, 0.4) is 0 Å². The van der Waals surface area contributed by atoms with Crippen molar-refractivity contribution in [3.63, 3.8) is 0 Å². The Kier molecular flexibility index (Phi) is 4.29. The quantitative estimate of drug-likeness (QED) is 0.633. The molecule has 5 heteroatoms. The van der Waals surface area contributed by atoms with Crippen LogP contribution < -0.4 is 5.73 Å². The van der Waals surface area contributed by atoms with Crippen molar-refractivity contribution in [1.29, 1.82) is 0 Å². The largest absolute Gasteiger partial charge is 0.481 e. The molecule has 0 spiro atoms. The molecule has 0 saturated heterocycles. The summed E-state index contributed by atoms with van der Waals surface area (Å²) < 4.78 is 0. The average Bonchev–Trinajstić information content (AvgIpc) is 2.18. The number of nitrogens with two attached hydrogens (primary N) is 1. The molecule has 0 fully saturated rings. The number of carboxylic acid groups (broad SMARTS) is 1. The van der Waals surface area contributed by atoms with Crippen LogP contribution in [0.15, 0.2) is 23.1 Å². The Bertz CT molecular complexity index is 370. The van der Waals surface area contributed by atoms with Crippen LogP contribution in [-0.4, -0.2) is 16.8 Å². The fourth-order valence-electron chi connectivity index (χ4n) is 0.919. The highest BCUT2D eigenvalue weighted by Gasteiger charge is 2.12. The number of carboxylic acids is 1. The van der Waals surface area contributed by atoms with Crippen LogP contribution in [0.5, 0.6) is 0 Å². The van der Waals surface area contributed by atoms with Crippen molar-refractivity contribution < 1.29 is 9.90 Å². The fraction of sp³-hybridized carbons (Fsp3) is 0.300. The summed E-state index contributed by atoms with van der Waals surface area (Å²) in [5.41, 5.74) is 6.35. The molecule has 82 valence electrons. The van der Waals surface area contributed by atoms with Gasteiger partial charge in [-0.05, 0) is 18.2 Å². The highest BCUT2D eigenvalue weighted by Crippen LogP contribution is 2.29. The maximum Gasteiger partial charge on any atom is 0.307 e. The van der Waals surface area contributed by atoms with Crippen molar-refractivity contribution in [2.75, 3.05) is 11.5 Å². The topological polar surface area (TPSA) is 63.3 Å². The van der Waals surface area contributed by atoms with Gasteiger partial charge in [-0.25, -0.2) is 0 Å². The van der Waals surface area contributed by atoms with Crippen molar-refractivity contribution in [2.24, 2.45) is 5.92 Å².